The van der Waals surface area contributed by atoms with E-state index in [1.54, 1.807) is 6.07 Å². The van der Waals surface area contributed by atoms with Crippen LogP contribution < -0.4 is 25.5 Å². The lowest BCUT2D eigenvalue weighted by Crippen LogP contribution is -2.21. The Kier molecular flexibility index (Phi) is 5.33. The summed E-state index contributed by atoms with van der Waals surface area (Å²) in [6.45, 7) is 5.60. The van der Waals surface area contributed by atoms with E-state index in [1.807, 2.05) is 38.1 Å². The van der Waals surface area contributed by atoms with Gasteiger partial charge in [0.25, 0.3) is 0 Å². The number of amides is 2. The molecule has 3 rings (SSSR count). The highest BCUT2D eigenvalue weighted by molar-refractivity contribution is 9.10. The van der Waals surface area contributed by atoms with Gasteiger partial charge in [-0.3, -0.25) is 0 Å². The molecular weight excluding hydrogens is 386 g/mol. The highest BCUT2D eigenvalue weighted by Crippen LogP contribution is 2.37. The van der Waals surface area contributed by atoms with Crippen molar-refractivity contribution in [1.82, 2.24) is 0 Å². The lowest BCUT2D eigenvalue weighted by Gasteiger charge is -2.15. The van der Waals surface area contributed by atoms with Gasteiger partial charge in [-0.15, -0.1) is 0 Å². The molecule has 0 fully saturated rings. The maximum absolute atomic E-state index is 11.2. The van der Waals surface area contributed by atoms with Crippen LogP contribution in [0.1, 0.15) is 19.4 Å². The lowest BCUT2D eigenvalue weighted by molar-refractivity contribution is 0.256. The number of ether oxygens (including phenoxy) is 2. The molecule has 2 aromatic carbocycles. The van der Waals surface area contributed by atoms with E-state index in [4.69, 9.17) is 9.47 Å². The number of anilines is 1. The monoisotopic (exact) mass is 403 g/mol. The Hall–Kier alpha value is -2.41. The molecule has 0 aliphatic carbocycles. The van der Waals surface area contributed by atoms with Gasteiger partial charge in [0.05, 0.1) is 28.4 Å². The minimum Gasteiger partial charge on any atom is -0.490 e. The first-order valence-corrected chi connectivity index (χ1v) is 8.83. The summed E-state index contributed by atoms with van der Waals surface area (Å²) in [7, 11) is 0. The molecule has 0 unspecified atom stereocenters. The number of hydrogen-bond acceptors (Lipinski definition) is 4. The van der Waals surface area contributed by atoms with Crippen molar-refractivity contribution >= 4 is 27.6 Å². The van der Waals surface area contributed by atoms with E-state index < -0.39 is 6.03 Å². The summed E-state index contributed by atoms with van der Waals surface area (Å²) in [6, 6.07) is 8.98. The van der Waals surface area contributed by atoms with Gasteiger partial charge in [-0.05, 0) is 65.7 Å². The number of nitrogens with zero attached hydrogens (tertiary/aromatic N) is 2. The predicted octanol–water partition coefficient (Wildman–Crippen LogP) is 3.23. The summed E-state index contributed by atoms with van der Waals surface area (Å²) >= 11 is 3.54. The van der Waals surface area contributed by atoms with Crippen LogP contribution in [0.15, 0.2) is 44.8 Å². The molecule has 0 spiro atoms. The largest absolute Gasteiger partial charge is 0.490 e. The van der Waals surface area contributed by atoms with Crippen LogP contribution in [-0.2, 0) is 6.54 Å². The maximum Gasteiger partial charge on any atom is 0.368 e. The molecule has 0 saturated heterocycles. The van der Waals surface area contributed by atoms with Crippen LogP contribution in [0.5, 0.6) is 11.5 Å². The fourth-order valence-electron chi connectivity index (χ4n) is 2.52. The van der Waals surface area contributed by atoms with E-state index in [9.17, 15) is 4.79 Å². The van der Waals surface area contributed by atoms with Gasteiger partial charge in [-0.1, -0.05) is 0 Å². The van der Waals surface area contributed by atoms with Crippen LogP contribution in [0, 0.1) is 0 Å². The van der Waals surface area contributed by atoms with Crippen molar-refractivity contribution in [3.63, 3.8) is 0 Å². The molecule has 2 amide bonds. The van der Waals surface area contributed by atoms with Crippen molar-refractivity contribution in [2.45, 2.75) is 20.4 Å². The molecule has 0 saturated carbocycles. The number of nitrogens with one attached hydrogen (secondary N) is 1. The summed E-state index contributed by atoms with van der Waals surface area (Å²) in [5.74, 6) is 1.42. The summed E-state index contributed by atoms with van der Waals surface area (Å²) < 4.78 is 12.2. The van der Waals surface area contributed by atoms with Crippen molar-refractivity contribution in [1.29, 1.82) is 0 Å². The molecular formula is C18H18BrN3O3. The Bertz CT molecular complexity index is 928. The number of urea groups is 1. The van der Waals surface area contributed by atoms with Gasteiger partial charge in [-0.2, -0.15) is 9.98 Å². The molecule has 0 atom stereocenters. The maximum atomic E-state index is 11.2. The Morgan fingerprint density at radius 2 is 1.80 bits per heavy atom. The lowest BCUT2D eigenvalue weighted by atomic mass is 10.2. The highest BCUT2D eigenvalue weighted by Gasteiger charge is 2.12. The van der Waals surface area contributed by atoms with Crippen molar-refractivity contribution in [3.8, 4) is 11.5 Å². The first kappa shape index (κ1) is 17.4. The van der Waals surface area contributed by atoms with Crippen LogP contribution in [0.25, 0.3) is 0 Å². The molecule has 1 aliphatic rings. The quantitative estimate of drug-likeness (QED) is 0.769. The zero-order valence-electron chi connectivity index (χ0n) is 14.0. The number of halogens is 1. The van der Waals surface area contributed by atoms with Crippen molar-refractivity contribution in [2.24, 2.45) is 9.98 Å². The van der Waals surface area contributed by atoms with Gasteiger partial charge in [-0.25, -0.2) is 4.79 Å². The molecule has 25 heavy (non-hydrogen) atoms. The first-order valence-electron chi connectivity index (χ1n) is 8.04. The minimum atomic E-state index is -0.455. The van der Waals surface area contributed by atoms with Gasteiger partial charge in [0.1, 0.15) is 0 Å². The predicted molar refractivity (Wildman–Crippen MR) is 98.0 cm³/mol. The second kappa shape index (κ2) is 7.65. The van der Waals surface area contributed by atoms with Gasteiger partial charge < -0.3 is 14.8 Å². The average Bonchev–Trinajstić information content (AvgIpc) is 2.95. The normalized spacial score (nSPS) is 12.2. The van der Waals surface area contributed by atoms with Crippen LogP contribution in [0.4, 0.5) is 10.5 Å². The van der Waals surface area contributed by atoms with E-state index in [2.05, 4.69) is 31.2 Å². The van der Waals surface area contributed by atoms with Crippen LogP contribution >= 0.6 is 15.9 Å². The summed E-state index contributed by atoms with van der Waals surface area (Å²) in [6.07, 6.45) is 0. The van der Waals surface area contributed by atoms with Gasteiger partial charge in [0, 0.05) is 12.2 Å². The van der Waals surface area contributed by atoms with E-state index in [1.165, 1.54) is 0 Å². The van der Waals surface area contributed by atoms with Crippen LogP contribution in [-0.4, -0.2) is 19.2 Å². The van der Waals surface area contributed by atoms with E-state index in [0.29, 0.717) is 42.0 Å². The third-order valence-corrected chi connectivity index (χ3v) is 4.15. The summed E-state index contributed by atoms with van der Waals surface area (Å²) in [4.78, 5) is 18.9. The zero-order chi connectivity index (χ0) is 17.8. The number of benzene rings is 2. The molecule has 130 valence electrons. The fourth-order valence-corrected chi connectivity index (χ4v) is 3.13. The first-order chi connectivity index (χ1) is 12.1. The summed E-state index contributed by atoms with van der Waals surface area (Å²) in [5, 5.41) is 4.53. The molecule has 1 heterocycles. The van der Waals surface area contributed by atoms with Crippen molar-refractivity contribution < 1.29 is 14.3 Å². The third-order valence-electron chi connectivity index (χ3n) is 3.56. The number of fused-ring (bicyclic) bond motifs is 1. The SMILES string of the molecule is CCOc1cc(CNc2ccc3c(c2)=NC(=O)N=3)cc(Br)c1OCC. The smallest absolute Gasteiger partial charge is 0.368 e. The van der Waals surface area contributed by atoms with Gasteiger partial charge in [0.15, 0.2) is 11.5 Å². The zero-order valence-corrected chi connectivity index (χ0v) is 15.6. The van der Waals surface area contributed by atoms with Gasteiger partial charge >= 0.3 is 6.03 Å². The average molecular weight is 404 g/mol. The Balaban J connectivity index is 1.80. The number of rotatable bonds is 7. The topological polar surface area (TPSA) is 72.3 Å². The van der Waals surface area contributed by atoms with Crippen LogP contribution in [0.3, 0.4) is 0 Å². The standard InChI is InChI=1S/C18H18BrN3O3/c1-3-24-16-8-11(7-13(19)17(16)25-4-2)10-20-12-5-6-14-15(9-12)22-18(23)21-14/h5-9,20H,3-4,10H2,1-2H3. The second-order valence-electron chi connectivity index (χ2n) is 5.33. The van der Waals surface area contributed by atoms with E-state index in [-0.39, 0.29) is 0 Å². The molecule has 0 aromatic heterocycles. The van der Waals surface area contributed by atoms with Gasteiger partial charge in [0.2, 0.25) is 0 Å². The third kappa shape index (κ3) is 3.99. The van der Waals surface area contributed by atoms with Crippen molar-refractivity contribution in [2.75, 3.05) is 18.5 Å². The number of hydrogen-bond donors (Lipinski definition) is 1. The molecule has 1 N–H and O–H groups in total. The fraction of sp³-hybridized carbons (Fsp3) is 0.278. The Morgan fingerprint density at radius 1 is 1.04 bits per heavy atom. The van der Waals surface area contributed by atoms with E-state index in [0.717, 1.165) is 15.7 Å². The number of carbonyl (C=O) groups excluding carboxylic acids is 1. The summed E-state index contributed by atoms with van der Waals surface area (Å²) in [5.41, 5.74) is 1.91. The molecule has 0 bridgehead atoms. The Labute approximate surface area is 153 Å². The Morgan fingerprint density at radius 3 is 2.56 bits per heavy atom. The molecule has 6 nitrogen and oxygen atoms in total. The highest BCUT2D eigenvalue weighted by atomic mass is 79.9. The minimum absolute atomic E-state index is 0.455. The second-order valence-corrected chi connectivity index (χ2v) is 6.19. The molecule has 1 aliphatic heterocycles. The molecule has 2 aromatic rings. The van der Waals surface area contributed by atoms with Crippen molar-refractivity contribution in [3.05, 3.63) is 51.1 Å². The van der Waals surface area contributed by atoms with Crippen LogP contribution in [0.2, 0.25) is 0 Å². The molecule has 0 radical (unpaired) electrons. The molecule has 7 heteroatoms. The van der Waals surface area contributed by atoms with E-state index >= 15 is 0 Å². The number of carbonyl (C=O) groups is 1.